The van der Waals surface area contributed by atoms with Crippen LogP contribution in [0.15, 0.2) is 18.2 Å². The van der Waals surface area contributed by atoms with Crippen LogP contribution in [0, 0.1) is 12.8 Å². The monoisotopic (exact) mass is 291 g/mol. The highest BCUT2D eigenvalue weighted by Crippen LogP contribution is 2.26. The second-order valence-corrected chi connectivity index (χ2v) is 5.59. The summed E-state index contributed by atoms with van der Waals surface area (Å²) in [5.74, 6) is -0.395. The number of rotatable bonds is 5. The van der Waals surface area contributed by atoms with Gasteiger partial charge in [-0.05, 0) is 43.4 Å². The Labute approximate surface area is 124 Å². The van der Waals surface area contributed by atoms with Gasteiger partial charge in [-0.15, -0.1) is 0 Å². The molecule has 0 saturated heterocycles. The number of carbonyl (C=O) groups is 2. The van der Waals surface area contributed by atoms with E-state index in [1.807, 2.05) is 25.1 Å². The number of ether oxygens (including phenoxy) is 1. The standard InChI is InChI=1S/C16H21NO4/c1-10-3-4-11(7-14(10)21-2)8-15(18)17-13-6-5-12(9-13)16(19)20/h3-4,7,12-13H,5-6,8-9H2,1-2H3,(H,17,18)(H,19,20)/t12-,13+/m0/s1. The van der Waals surface area contributed by atoms with Crippen LogP contribution in [0.2, 0.25) is 0 Å². The van der Waals surface area contributed by atoms with Crippen LogP contribution in [0.4, 0.5) is 0 Å². The lowest BCUT2D eigenvalue weighted by molar-refractivity contribution is -0.141. The predicted molar refractivity (Wildman–Crippen MR) is 78.3 cm³/mol. The third-order valence-corrected chi connectivity index (χ3v) is 3.98. The molecule has 1 fully saturated rings. The Morgan fingerprint density at radius 2 is 2.14 bits per heavy atom. The zero-order chi connectivity index (χ0) is 15.4. The van der Waals surface area contributed by atoms with Crippen molar-refractivity contribution in [1.82, 2.24) is 5.32 Å². The number of amides is 1. The van der Waals surface area contributed by atoms with E-state index in [9.17, 15) is 9.59 Å². The summed E-state index contributed by atoms with van der Waals surface area (Å²) in [6, 6.07) is 5.68. The molecular formula is C16H21NO4. The molecule has 0 aromatic heterocycles. The van der Waals surface area contributed by atoms with Crippen molar-refractivity contribution >= 4 is 11.9 Å². The van der Waals surface area contributed by atoms with Gasteiger partial charge in [0.25, 0.3) is 0 Å². The van der Waals surface area contributed by atoms with Crippen LogP contribution in [0.25, 0.3) is 0 Å². The maximum atomic E-state index is 12.0. The number of benzene rings is 1. The highest BCUT2D eigenvalue weighted by atomic mass is 16.5. The van der Waals surface area contributed by atoms with Gasteiger partial charge in [-0.3, -0.25) is 9.59 Å². The van der Waals surface area contributed by atoms with Crippen molar-refractivity contribution in [3.63, 3.8) is 0 Å². The first-order valence-corrected chi connectivity index (χ1v) is 7.15. The lowest BCUT2D eigenvalue weighted by atomic mass is 10.1. The Morgan fingerprint density at radius 3 is 2.76 bits per heavy atom. The number of hydrogen-bond donors (Lipinski definition) is 2. The van der Waals surface area contributed by atoms with Crippen LogP contribution < -0.4 is 10.1 Å². The van der Waals surface area contributed by atoms with Crippen molar-refractivity contribution in [2.45, 2.75) is 38.6 Å². The minimum atomic E-state index is -0.769. The Morgan fingerprint density at radius 1 is 1.38 bits per heavy atom. The van der Waals surface area contributed by atoms with E-state index in [-0.39, 0.29) is 24.3 Å². The minimum Gasteiger partial charge on any atom is -0.496 e. The highest BCUT2D eigenvalue weighted by molar-refractivity contribution is 5.79. The molecule has 114 valence electrons. The third-order valence-electron chi connectivity index (χ3n) is 3.98. The molecule has 0 unspecified atom stereocenters. The van der Waals surface area contributed by atoms with Crippen LogP contribution in [0.3, 0.4) is 0 Å². The van der Waals surface area contributed by atoms with Crippen molar-refractivity contribution in [1.29, 1.82) is 0 Å². The molecule has 21 heavy (non-hydrogen) atoms. The van der Waals surface area contributed by atoms with Crippen LogP contribution in [0.5, 0.6) is 5.75 Å². The zero-order valence-corrected chi connectivity index (χ0v) is 12.4. The summed E-state index contributed by atoms with van der Waals surface area (Å²) in [4.78, 5) is 22.9. The van der Waals surface area contributed by atoms with Gasteiger partial charge in [0.1, 0.15) is 5.75 Å². The topological polar surface area (TPSA) is 75.6 Å². The van der Waals surface area contributed by atoms with Crippen LogP contribution in [-0.4, -0.2) is 30.1 Å². The first kappa shape index (κ1) is 15.4. The summed E-state index contributed by atoms with van der Waals surface area (Å²) in [5.41, 5.74) is 1.92. The number of methoxy groups -OCH3 is 1. The number of aliphatic carboxylic acids is 1. The molecule has 1 aromatic rings. The van der Waals surface area contributed by atoms with Gasteiger partial charge < -0.3 is 15.2 Å². The van der Waals surface area contributed by atoms with Crippen molar-refractivity contribution < 1.29 is 19.4 Å². The lowest BCUT2D eigenvalue weighted by Crippen LogP contribution is -2.34. The Balaban J connectivity index is 1.89. The van der Waals surface area contributed by atoms with Gasteiger partial charge in [-0.1, -0.05) is 12.1 Å². The second-order valence-electron chi connectivity index (χ2n) is 5.59. The normalized spacial score (nSPS) is 21.0. The summed E-state index contributed by atoms with van der Waals surface area (Å²) in [6.07, 6.45) is 2.18. The van der Waals surface area contributed by atoms with Gasteiger partial charge >= 0.3 is 5.97 Å². The molecule has 1 aromatic carbocycles. The van der Waals surface area contributed by atoms with Gasteiger partial charge in [-0.2, -0.15) is 0 Å². The molecule has 2 rings (SSSR count). The quantitative estimate of drug-likeness (QED) is 0.869. The number of hydrogen-bond acceptors (Lipinski definition) is 3. The van der Waals surface area contributed by atoms with E-state index in [1.165, 1.54) is 0 Å². The smallest absolute Gasteiger partial charge is 0.306 e. The fourth-order valence-electron chi connectivity index (χ4n) is 2.78. The average Bonchev–Trinajstić information content (AvgIpc) is 2.89. The Kier molecular flexibility index (Phi) is 4.83. The number of carboxylic acids is 1. The van der Waals surface area contributed by atoms with E-state index in [4.69, 9.17) is 9.84 Å². The highest BCUT2D eigenvalue weighted by Gasteiger charge is 2.30. The number of carboxylic acid groups (broad SMARTS) is 1. The fourth-order valence-corrected chi connectivity index (χ4v) is 2.78. The minimum absolute atomic E-state index is 0.0223. The van der Waals surface area contributed by atoms with E-state index >= 15 is 0 Å². The zero-order valence-electron chi connectivity index (χ0n) is 12.4. The van der Waals surface area contributed by atoms with E-state index in [0.717, 1.165) is 23.3 Å². The van der Waals surface area contributed by atoms with Crippen molar-refractivity contribution in [3.8, 4) is 5.75 Å². The molecular weight excluding hydrogens is 270 g/mol. The molecule has 1 aliphatic rings. The molecule has 1 saturated carbocycles. The maximum Gasteiger partial charge on any atom is 0.306 e. The number of carbonyl (C=O) groups excluding carboxylic acids is 1. The molecule has 0 bridgehead atoms. The largest absolute Gasteiger partial charge is 0.496 e. The molecule has 0 spiro atoms. The SMILES string of the molecule is COc1cc(CC(=O)N[C@@H]2CC[C@H](C(=O)O)C2)ccc1C. The first-order chi connectivity index (χ1) is 9.99. The lowest BCUT2D eigenvalue weighted by Gasteiger charge is -2.13. The molecule has 0 radical (unpaired) electrons. The molecule has 0 heterocycles. The molecule has 5 nitrogen and oxygen atoms in total. The van der Waals surface area contributed by atoms with Gasteiger partial charge in [0.05, 0.1) is 19.4 Å². The van der Waals surface area contributed by atoms with Crippen LogP contribution >= 0.6 is 0 Å². The molecule has 2 N–H and O–H groups in total. The van der Waals surface area contributed by atoms with Gasteiger partial charge in [0, 0.05) is 6.04 Å². The molecule has 5 heteroatoms. The predicted octanol–water partition coefficient (Wildman–Crippen LogP) is 1.92. The second kappa shape index (κ2) is 6.61. The molecule has 1 amide bonds. The van der Waals surface area contributed by atoms with Crippen LogP contribution in [0.1, 0.15) is 30.4 Å². The van der Waals surface area contributed by atoms with Gasteiger partial charge in [0.15, 0.2) is 0 Å². The van der Waals surface area contributed by atoms with Gasteiger partial charge in [0.2, 0.25) is 5.91 Å². The summed E-state index contributed by atoms with van der Waals surface area (Å²) >= 11 is 0. The van der Waals surface area contributed by atoms with Crippen molar-refractivity contribution in [2.24, 2.45) is 5.92 Å². The van der Waals surface area contributed by atoms with E-state index in [0.29, 0.717) is 12.8 Å². The average molecular weight is 291 g/mol. The van der Waals surface area contributed by atoms with Crippen molar-refractivity contribution in [3.05, 3.63) is 29.3 Å². The Hall–Kier alpha value is -2.04. The number of nitrogens with one attached hydrogen (secondary N) is 1. The Bertz CT molecular complexity index is 541. The number of aryl methyl sites for hydroxylation is 1. The van der Waals surface area contributed by atoms with E-state index in [1.54, 1.807) is 7.11 Å². The summed E-state index contributed by atoms with van der Waals surface area (Å²) < 4.78 is 5.24. The molecule has 0 aliphatic heterocycles. The maximum absolute atomic E-state index is 12.0. The van der Waals surface area contributed by atoms with E-state index in [2.05, 4.69) is 5.32 Å². The van der Waals surface area contributed by atoms with E-state index < -0.39 is 5.97 Å². The summed E-state index contributed by atoms with van der Waals surface area (Å²) in [6.45, 7) is 1.95. The summed E-state index contributed by atoms with van der Waals surface area (Å²) in [5, 5.41) is 11.9. The summed E-state index contributed by atoms with van der Waals surface area (Å²) in [7, 11) is 1.61. The third kappa shape index (κ3) is 3.97. The fraction of sp³-hybridized carbons (Fsp3) is 0.500. The van der Waals surface area contributed by atoms with Crippen LogP contribution in [-0.2, 0) is 16.0 Å². The van der Waals surface area contributed by atoms with Crippen molar-refractivity contribution in [2.75, 3.05) is 7.11 Å². The molecule has 1 aliphatic carbocycles. The molecule has 2 atom stereocenters. The first-order valence-electron chi connectivity index (χ1n) is 7.15. The van der Waals surface area contributed by atoms with Gasteiger partial charge in [-0.25, -0.2) is 0 Å².